The molecule has 0 saturated carbocycles. The van der Waals surface area contributed by atoms with Gasteiger partial charge in [0.15, 0.2) is 11.5 Å². The number of sulfonamides is 1. The number of carbonyl (C=O) groups is 1. The number of hydrogen-bond acceptors (Lipinski definition) is 5. The molecule has 3 aromatic carbocycles. The lowest BCUT2D eigenvalue weighted by atomic mass is 10.2. The maximum absolute atomic E-state index is 13.4. The van der Waals surface area contributed by atoms with Gasteiger partial charge in [0.05, 0.1) is 24.3 Å². The van der Waals surface area contributed by atoms with Crippen molar-refractivity contribution < 1.29 is 22.7 Å². The highest BCUT2D eigenvalue weighted by atomic mass is 32.2. The fourth-order valence-electron chi connectivity index (χ4n) is 3.62. The summed E-state index contributed by atoms with van der Waals surface area (Å²) in [4.78, 5) is 13.3. The number of aryl methyl sites for hydroxylation is 1. The van der Waals surface area contributed by atoms with Crippen molar-refractivity contribution >= 4 is 27.7 Å². The molecule has 0 saturated heterocycles. The molecule has 0 aliphatic rings. The first-order valence-electron chi connectivity index (χ1n) is 12.1. The van der Waals surface area contributed by atoms with Crippen molar-refractivity contribution in [3.8, 4) is 11.5 Å². The monoisotopic (exact) mass is 507 g/mol. The second-order valence-corrected chi connectivity index (χ2v) is 10.2. The fourth-order valence-corrected chi connectivity index (χ4v) is 5.00. The number of para-hydroxylation sites is 1. The molecule has 1 amide bonds. The smallest absolute Gasteiger partial charge is 0.271 e. The van der Waals surface area contributed by atoms with E-state index in [4.69, 9.17) is 9.47 Å². The van der Waals surface area contributed by atoms with E-state index in [0.717, 1.165) is 29.1 Å². The molecular weight excluding hydrogens is 474 g/mol. The molecule has 6 nitrogen and oxygen atoms in total. The SMILES string of the molecule is CCCCCCOc1ccc(/C=C/C(=O)N(c2ccccc2)S(=O)(=O)c2ccc(C)cc2)cc1OC. The van der Waals surface area contributed by atoms with Gasteiger partial charge in [-0.15, -0.1) is 0 Å². The maximum atomic E-state index is 13.4. The normalized spacial score (nSPS) is 11.4. The van der Waals surface area contributed by atoms with Crippen LogP contribution < -0.4 is 13.8 Å². The lowest BCUT2D eigenvalue weighted by Gasteiger charge is -2.21. The van der Waals surface area contributed by atoms with Crippen LogP contribution in [0.4, 0.5) is 5.69 Å². The summed E-state index contributed by atoms with van der Waals surface area (Å²) in [7, 11) is -2.56. The summed E-state index contributed by atoms with van der Waals surface area (Å²) in [6.45, 7) is 4.64. The van der Waals surface area contributed by atoms with Crippen molar-refractivity contribution in [1.82, 2.24) is 0 Å². The average molecular weight is 508 g/mol. The van der Waals surface area contributed by atoms with E-state index in [2.05, 4.69) is 6.92 Å². The molecule has 7 heteroatoms. The average Bonchev–Trinajstić information content (AvgIpc) is 2.88. The van der Waals surface area contributed by atoms with E-state index >= 15 is 0 Å². The van der Waals surface area contributed by atoms with E-state index in [0.29, 0.717) is 23.7 Å². The Kier molecular flexibility index (Phi) is 9.70. The van der Waals surface area contributed by atoms with Crippen LogP contribution in [0, 0.1) is 6.92 Å². The zero-order valence-electron chi connectivity index (χ0n) is 21.0. The third kappa shape index (κ3) is 6.98. The molecule has 0 radical (unpaired) electrons. The molecule has 190 valence electrons. The zero-order chi connectivity index (χ0) is 26.0. The van der Waals surface area contributed by atoms with Gasteiger partial charge in [0, 0.05) is 6.08 Å². The predicted octanol–water partition coefficient (Wildman–Crippen LogP) is 6.40. The molecule has 0 N–H and O–H groups in total. The number of benzene rings is 3. The van der Waals surface area contributed by atoms with Crippen molar-refractivity contribution in [3.63, 3.8) is 0 Å². The van der Waals surface area contributed by atoms with Crippen molar-refractivity contribution in [2.24, 2.45) is 0 Å². The summed E-state index contributed by atoms with van der Waals surface area (Å²) >= 11 is 0. The van der Waals surface area contributed by atoms with Crippen molar-refractivity contribution in [2.75, 3.05) is 18.0 Å². The number of anilines is 1. The minimum Gasteiger partial charge on any atom is -0.493 e. The molecule has 0 aromatic heterocycles. The van der Waals surface area contributed by atoms with E-state index in [1.54, 1.807) is 73.8 Å². The summed E-state index contributed by atoms with van der Waals surface area (Å²) in [5.74, 6) is 0.495. The van der Waals surface area contributed by atoms with Crippen LogP contribution in [0.3, 0.4) is 0 Å². The molecule has 0 fully saturated rings. The first-order chi connectivity index (χ1) is 17.4. The van der Waals surface area contributed by atoms with Crippen molar-refractivity contribution in [3.05, 3.63) is 90.0 Å². The van der Waals surface area contributed by atoms with Gasteiger partial charge >= 0.3 is 0 Å². The molecule has 3 rings (SSSR count). The molecule has 0 aliphatic carbocycles. The minimum atomic E-state index is -4.12. The molecule has 0 atom stereocenters. The lowest BCUT2D eigenvalue weighted by Crippen LogP contribution is -2.35. The minimum absolute atomic E-state index is 0.0424. The van der Waals surface area contributed by atoms with Gasteiger partial charge in [-0.3, -0.25) is 4.79 Å². The van der Waals surface area contributed by atoms with Crippen molar-refractivity contribution in [2.45, 2.75) is 44.4 Å². The van der Waals surface area contributed by atoms with Gasteiger partial charge < -0.3 is 9.47 Å². The third-order valence-electron chi connectivity index (χ3n) is 5.61. The van der Waals surface area contributed by atoms with E-state index < -0.39 is 15.9 Å². The highest BCUT2D eigenvalue weighted by Crippen LogP contribution is 2.29. The molecule has 3 aromatic rings. The Hall–Kier alpha value is -3.58. The number of methoxy groups -OCH3 is 1. The van der Waals surface area contributed by atoms with Gasteiger partial charge in [-0.25, -0.2) is 8.42 Å². The highest BCUT2D eigenvalue weighted by molar-refractivity contribution is 7.93. The van der Waals surface area contributed by atoms with Gasteiger partial charge in [0.2, 0.25) is 0 Å². The third-order valence-corrected chi connectivity index (χ3v) is 7.35. The second kappa shape index (κ2) is 12.9. The number of carbonyl (C=O) groups excluding carboxylic acids is 1. The summed E-state index contributed by atoms with van der Waals surface area (Å²) in [6, 6.07) is 20.1. The molecule has 0 heterocycles. The van der Waals surface area contributed by atoms with Crippen LogP contribution in [-0.2, 0) is 14.8 Å². The number of rotatable bonds is 12. The van der Waals surface area contributed by atoms with Crippen LogP contribution in [0.15, 0.2) is 83.8 Å². The molecule has 0 unspecified atom stereocenters. The largest absolute Gasteiger partial charge is 0.493 e. The summed E-state index contributed by atoms with van der Waals surface area (Å²) in [5, 5.41) is 0. The quantitative estimate of drug-likeness (QED) is 0.210. The Morgan fingerprint density at radius 1 is 0.917 bits per heavy atom. The molecule has 0 aliphatic heterocycles. The second-order valence-electron chi connectivity index (χ2n) is 8.41. The fraction of sp³-hybridized carbons (Fsp3) is 0.276. The first kappa shape index (κ1) is 27.0. The Balaban J connectivity index is 1.84. The Morgan fingerprint density at radius 3 is 2.31 bits per heavy atom. The Bertz CT molecular complexity index is 1270. The number of amides is 1. The van der Waals surface area contributed by atoms with Crippen LogP contribution >= 0.6 is 0 Å². The summed E-state index contributed by atoms with van der Waals surface area (Å²) < 4.78 is 39.0. The van der Waals surface area contributed by atoms with Crippen molar-refractivity contribution in [1.29, 1.82) is 0 Å². The zero-order valence-corrected chi connectivity index (χ0v) is 21.8. The molecule has 0 bridgehead atoms. The van der Waals surface area contributed by atoms with Crippen LogP contribution in [-0.4, -0.2) is 28.0 Å². The molecule has 0 spiro atoms. The first-order valence-corrected chi connectivity index (χ1v) is 13.5. The van der Waals surface area contributed by atoms with E-state index in [1.165, 1.54) is 24.6 Å². The number of unbranched alkanes of at least 4 members (excludes halogenated alkanes) is 3. The molecular formula is C29H33NO5S. The standard InChI is InChI=1S/C29H33NO5S/c1-4-5-6-10-21-35-27-19-15-24(22-28(27)34-3)16-20-29(31)30(25-11-8-7-9-12-25)36(32,33)26-17-13-23(2)14-18-26/h7-9,11-20,22H,4-6,10,21H2,1-3H3/b20-16+. The maximum Gasteiger partial charge on any atom is 0.271 e. The number of ether oxygens (including phenoxy) is 2. The van der Waals surface area contributed by atoms with Gasteiger partial charge in [-0.1, -0.05) is 68.1 Å². The van der Waals surface area contributed by atoms with Crippen LogP contribution in [0.25, 0.3) is 6.08 Å². The summed E-state index contributed by atoms with van der Waals surface area (Å²) in [6.07, 6.45) is 7.24. The van der Waals surface area contributed by atoms with Crippen LogP contribution in [0.1, 0.15) is 43.7 Å². The Morgan fingerprint density at radius 2 is 1.64 bits per heavy atom. The van der Waals surface area contributed by atoms with Gasteiger partial charge in [0.25, 0.3) is 15.9 Å². The van der Waals surface area contributed by atoms with E-state index in [9.17, 15) is 13.2 Å². The van der Waals surface area contributed by atoms with E-state index in [-0.39, 0.29) is 10.6 Å². The Labute approximate surface area is 214 Å². The number of hydrogen-bond donors (Lipinski definition) is 0. The van der Waals surface area contributed by atoms with Gasteiger partial charge in [0.1, 0.15) is 0 Å². The summed E-state index contributed by atoms with van der Waals surface area (Å²) in [5.41, 5.74) is 1.87. The van der Waals surface area contributed by atoms with Gasteiger partial charge in [-0.2, -0.15) is 4.31 Å². The van der Waals surface area contributed by atoms with Gasteiger partial charge in [-0.05, 0) is 61.4 Å². The van der Waals surface area contributed by atoms with Crippen LogP contribution in [0.5, 0.6) is 11.5 Å². The number of nitrogens with zero attached hydrogens (tertiary/aromatic N) is 1. The predicted molar refractivity (Wildman–Crippen MR) is 144 cm³/mol. The molecule has 36 heavy (non-hydrogen) atoms. The van der Waals surface area contributed by atoms with E-state index in [1.807, 2.05) is 6.92 Å². The lowest BCUT2D eigenvalue weighted by molar-refractivity contribution is -0.113. The highest BCUT2D eigenvalue weighted by Gasteiger charge is 2.29. The van der Waals surface area contributed by atoms with Crippen LogP contribution in [0.2, 0.25) is 0 Å². The topological polar surface area (TPSA) is 72.9 Å².